The van der Waals surface area contributed by atoms with Gasteiger partial charge in [-0.05, 0) is 17.7 Å². The molecule has 2 rings (SSSR count). The Morgan fingerprint density at radius 1 is 1.53 bits per heavy atom. The molecule has 0 aromatic heterocycles. The Morgan fingerprint density at radius 2 is 2.26 bits per heavy atom. The first kappa shape index (κ1) is 13.1. The molecule has 19 heavy (non-hydrogen) atoms. The van der Waals surface area contributed by atoms with Gasteiger partial charge in [-0.1, -0.05) is 13.0 Å². The number of aliphatic carboxylic acids is 1. The number of carboxylic acids is 1. The molecule has 100 valence electrons. The molecule has 6 heteroatoms. The molecule has 1 heterocycles. The first-order valence-electron chi connectivity index (χ1n) is 5.77. The summed E-state index contributed by atoms with van der Waals surface area (Å²) in [7, 11) is 0. The molecule has 0 spiro atoms. The van der Waals surface area contributed by atoms with Gasteiger partial charge in [0, 0.05) is 5.92 Å². The minimum atomic E-state index is -1.07. The normalized spacial score (nSPS) is 16.6. The third kappa shape index (κ3) is 2.57. The van der Waals surface area contributed by atoms with Crippen molar-refractivity contribution in [2.75, 3.05) is 11.9 Å². The Balaban J connectivity index is 2.37. The van der Waals surface area contributed by atoms with E-state index in [2.05, 4.69) is 5.32 Å². The Hall–Kier alpha value is -2.37. The number of carbonyl (C=O) groups excluding carboxylic acids is 2. The molecule has 0 saturated heterocycles. The van der Waals surface area contributed by atoms with Crippen LogP contribution in [0.25, 0.3) is 0 Å². The number of aldehydes is 1. The maximum atomic E-state index is 11.3. The molecular weight excluding hydrogens is 250 g/mol. The summed E-state index contributed by atoms with van der Waals surface area (Å²) >= 11 is 0. The first-order valence-corrected chi connectivity index (χ1v) is 5.77. The zero-order valence-corrected chi connectivity index (χ0v) is 10.3. The van der Waals surface area contributed by atoms with Crippen LogP contribution in [0.3, 0.4) is 0 Å². The molecule has 0 radical (unpaired) electrons. The van der Waals surface area contributed by atoms with Gasteiger partial charge >= 0.3 is 5.97 Å². The van der Waals surface area contributed by atoms with Gasteiger partial charge in [0.15, 0.2) is 6.61 Å². The second kappa shape index (κ2) is 5.09. The van der Waals surface area contributed by atoms with E-state index in [9.17, 15) is 19.5 Å². The smallest absolute Gasteiger partial charge is 0.311 e. The second-order valence-electron chi connectivity index (χ2n) is 4.40. The molecular formula is C13H13NO5. The third-order valence-electron chi connectivity index (χ3n) is 3.00. The number of benzene rings is 1. The van der Waals surface area contributed by atoms with Crippen LogP contribution in [0.4, 0.5) is 5.69 Å². The number of carboxylic acid groups (broad SMARTS) is 1. The minimum absolute atomic E-state index is 0.0998. The van der Waals surface area contributed by atoms with Crippen molar-refractivity contribution in [1.82, 2.24) is 0 Å². The molecule has 0 fully saturated rings. The number of ether oxygens (including phenoxy) is 1. The monoisotopic (exact) mass is 263 g/mol. The summed E-state index contributed by atoms with van der Waals surface area (Å²) in [5, 5.41) is 11.8. The lowest BCUT2D eigenvalue weighted by atomic mass is 9.88. The maximum Gasteiger partial charge on any atom is 0.311 e. The van der Waals surface area contributed by atoms with Gasteiger partial charge in [-0.25, -0.2) is 0 Å². The van der Waals surface area contributed by atoms with Crippen molar-refractivity contribution in [3.8, 4) is 5.75 Å². The zero-order valence-electron chi connectivity index (χ0n) is 10.3. The first-order chi connectivity index (χ1) is 9.02. The molecule has 1 amide bonds. The number of anilines is 1. The third-order valence-corrected chi connectivity index (χ3v) is 3.00. The molecule has 6 nitrogen and oxygen atoms in total. The molecule has 1 aromatic rings. The van der Waals surface area contributed by atoms with E-state index in [-0.39, 0.29) is 12.5 Å². The fraction of sp³-hybridized carbons (Fsp3) is 0.308. The van der Waals surface area contributed by atoms with E-state index < -0.39 is 17.8 Å². The van der Waals surface area contributed by atoms with Crippen LogP contribution >= 0.6 is 0 Å². The summed E-state index contributed by atoms with van der Waals surface area (Å²) in [6.07, 6.45) is 0.612. The predicted molar refractivity (Wildman–Crippen MR) is 66.2 cm³/mol. The van der Waals surface area contributed by atoms with Gasteiger partial charge in [-0.2, -0.15) is 0 Å². The van der Waals surface area contributed by atoms with Crippen molar-refractivity contribution in [2.24, 2.45) is 5.92 Å². The van der Waals surface area contributed by atoms with Crippen LogP contribution in [-0.4, -0.2) is 29.9 Å². The summed E-state index contributed by atoms with van der Waals surface area (Å²) in [5.41, 5.74) is 0.977. The lowest BCUT2D eigenvalue weighted by Crippen LogP contribution is -2.26. The molecule has 2 unspecified atom stereocenters. The predicted octanol–water partition coefficient (Wildman–Crippen LogP) is 1.02. The average molecular weight is 263 g/mol. The van der Waals surface area contributed by atoms with E-state index in [0.29, 0.717) is 23.3 Å². The van der Waals surface area contributed by atoms with E-state index in [0.717, 1.165) is 0 Å². The summed E-state index contributed by atoms with van der Waals surface area (Å²) in [6, 6.07) is 4.70. The molecule has 1 aromatic carbocycles. The van der Waals surface area contributed by atoms with Gasteiger partial charge in [-0.15, -0.1) is 0 Å². The molecule has 2 N–H and O–H groups in total. The fourth-order valence-electron chi connectivity index (χ4n) is 2.03. The van der Waals surface area contributed by atoms with E-state index in [1.165, 1.54) is 0 Å². The summed E-state index contributed by atoms with van der Waals surface area (Å²) in [5.74, 6) is -2.48. The van der Waals surface area contributed by atoms with Crippen molar-refractivity contribution < 1.29 is 24.2 Å². The van der Waals surface area contributed by atoms with Gasteiger partial charge < -0.3 is 20.0 Å². The molecule has 0 aliphatic carbocycles. The maximum absolute atomic E-state index is 11.3. The number of hydrogen-bond acceptors (Lipinski definition) is 4. The minimum Gasteiger partial charge on any atom is -0.482 e. The van der Waals surface area contributed by atoms with Crippen LogP contribution in [-0.2, 0) is 14.4 Å². The Bertz CT molecular complexity index is 540. The molecule has 1 aliphatic heterocycles. The second-order valence-corrected chi connectivity index (χ2v) is 4.40. The average Bonchev–Trinajstić information content (AvgIpc) is 2.38. The van der Waals surface area contributed by atoms with Crippen molar-refractivity contribution in [3.63, 3.8) is 0 Å². The van der Waals surface area contributed by atoms with E-state index >= 15 is 0 Å². The molecule has 2 atom stereocenters. The Kier molecular flexibility index (Phi) is 3.50. The van der Waals surface area contributed by atoms with Crippen molar-refractivity contribution in [3.05, 3.63) is 23.8 Å². The Morgan fingerprint density at radius 3 is 2.89 bits per heavy atom. The Labute approximate surface area is 109 Å². The molecule has 0 bridgehead atoms. The van der Waals surface area contributed by atoms with E-state index in [1.54, 1.807) is 25.1 Å². The zero-order chi connectivity index (χ0) is 14.0. The highest BCUT2D eigenvalue weighted by molar-refractivity contribution is 5.95. The van der Waals surface area contributed by atoms with Crippen LogP contribution in [0.2, 0.25) is 0 Å². The van der Waals surface area contributed by atoms with Crippen molar-refractivity contribution in [2.45, 2.75) is 12.8 Å². The highest BCUT2D eigenvalue weighted by Gasteiger charge is 2.28. The number of rotatable bonds is 4. The van der Waals surface area contributed by atoms with Gasteiger partial charge in [0.05, 0.1) is 11.6 Å². The van der Waals surface area contributed by atoms with E-state index in [1.807, 2.05) is 0 Å². The number of nitrogens with one attached hydrogen (secondary N) is 1. The lowest BCUT2D eigenvalue weighted by molar-refractivity contribution is -0.141. The van der Waals surface area contributed by atoms with Crippen LogP contribution in [0, 0.1) is 5.92 Å². The standard InChI is InChI=1S/C13H13NO5/c1-7(5-15)12(13(17)18)8-2-3-9-10(4-8)19-6-11(16)14-9/h2-5,7,12H,6H2,1H3,(H,14,16)(H,17,18). The number of amides is 1. The lowest BCUT2D eigenvalue weighted by Gasteiger charge is -2.21. The van der Waals surface area contributed by atoms with Crippen molar-refractivity contribution >= 4 is 23.9 Å². The van der Waals surface area contributed by atoms with Gasteiger partial charge in [0.25, 0.3) is 5.91 Å². The fourth-order valence-corrected chi connectivity index (χ4v) is 2.03. The topological polar surface area (TPSA) is 92.7 Å². The quantitative estimate of drug-likeness (QED) is 0.791. The van der Waals surface area contributed by atoms with E-state index in [4.69, 9.17) is 4.74 Å². The van der Waals surface area contributed by atoms with Crippen molar-refractivity contribution in [1.29, 1.82) is 0 Å². The molecule has 0 saturated carbocycles. The van der Waals surface area contributed by atoms with Crippen LogP contribution < -0.4 is 10.1 Å². The summed E-state index contributed by atoms with van der Waals surface area (Å²) in [6.45, 7) is 1.45. The largest absolute Gasteiger partial charge is 0.482 e. The number of fused-ring (bicyclic) bond motifs is 1. The highest BCUT2D eigenvalue weighted by Crippen LogP contribution is 2.33. The van der Waals surface area contributed by atoms with Crippen LogP contribution in [0.15, 0.2) is 18.2 Å². The highest BCUT2D eigenvalue weighted by atomic mass is 16.5. The van der Waals surface area contributed by atoms with Gasteiger partial charge in [0.2, 0.25) is 0 Å². The number of carbonyl (C=O) groups is 3. The van der Waals surface area contributed by atoms with Gasteiger partial charge in [-0.3, -0.25) is 9.59 Å². The van der Waals surface area contributed by atoms with Crippen LogP contribution in [0.5, 0.6) is 5.75 Å². The SMILES string of the molecule is CC(C=O)C(C(=O)O)c1ccc2c(c1)OCC(=O)N2. The summed E-state index contributed by atoms with van der Waals surface area (Å²) in [4.78, 5) is 33.2. The summed E-state index contributed by atoms with van der Waals surface area (Å²) < 4.78 is 5.23. The molecule has 1 aliphatic rings. The van der Waals surface area contributed by atoms with Gasteiger partial charge in [0.1, 0.15) is 12.0 Å². The van der Waals surface area contributed by atoms with Crippen LogP contribution in [0.1, 0.15) is 18.4 Å². The number of hydrogen-bond donors (Lipinski definition) is 2.